The number of rotatable bonds is 4. The molecule has 20 heavy (non-hydrogen) atoms. The van der Waals surface area contributed by atoms with E-state index in [9.17, 15) is 4.79 Å². The van der Waals surface area contributed by atoms with Crippen LogP contribution in [0.5, 0.6) is 0 Å². The molecule has 104 valence electrons. The fraction of sp³-hybridized carbons (Fsp3) is 0.200. The number of anilines is 2. The van der Waals surface area contributed by atoms with E-state index >= 15 is 0 Å². The molecule has 2 amide bonds. The summed E-state index contributed by atoms with van der Waals surface area (Å²) in [6.07, 6.45) is 3.27. The highest BCUT2D eigenvalue weighted by molar-refractivity contribution is 5.89. The van der Waals surface area contributed by atoms with Gasteiger partial charge in [0.1, 0.15) is 0 Å². The predicted molar refractivity (Wildman–Crippen MR) is 80.9 cm³/mol. The average molecular weight is 270 g/mol. The first-order valence-corrected chi connectivity index (χ1v) is 6.36. The van der Waals surface area contributed by atoms with Crippen LogP contribution in [-0.2, 0) is 6.54 Å². The predicted octanol–water partition coefficient (Wildman–Crippen LogP) is 2.47. The van der Waals surface area contributed by atoms with Gasteiger partial charge in [-0.05, 0) is 29.8 Å². The zero-order chi connectivity index (χ0) is 14.4. The lowest BCUT2D eigenvalue weighted by Gasteiger charge is -2.13. The Balaban J connectivity index is 1.84. The molecule has 1 aromatic heterocycles. The highest BCUT2D eigenvalue weighted by atomic mass is 16.2. The monoisotopic (exact) mass is 270 g/mol. The van der Waals surface area contributed by atoms with Crippen molar-refractivity contribution in [3.8, 4) is 0 Å². The molecule has 5 heteroatoms. The lowest BCUT2D eigenvalue weighted by atomic mass is 10.2. The molecule has 1 aromatic carbocycles. The van der Waals surface area contributed by atoms with E-state index in [0.29, 0.717) is 6.54 Å². The average Bonchev–Trinajstić information content (AvgIpc) is 2.46. The molecule has 0 radical (unpaired) electrons. The van der Waals surface area contributed by atoms with Crippen LogP contribution in [0, 0.1) is 0 Å². The van der Waals surface area contributed by atoms with Crippen molar-refractivity contribution in [2.75, 3.05) is 24.3 Å². The topological polar surface area (TPSA) is 57.3 Å². The van der Waals surface area contributed by atoms with E-state index in [0.717, 1.165) is 16.9 Å². The minimum absolute atomic E-state index is 0.229. The molecule has 0 unspecified atom stereocenters. The number of benzene rings is 1. The fourth-order valence-corrected chi connectivity index (χ4v) is 1.70. The van der Waals surface area contributed by atoms with Crippen LogP contribution >= 0.6 is 0 Å². The minimum Gasteiger partial charge on any atom is -0.378 e. The van der Waals surface area contributed by atoms with Crippen LogP contribution in [0.3, 0.4) is 0 Å². The van der Waals surface area contributed by atoms with Gasteiger partial charge in [0.15, 0.2) is 0 Å². The number of aromatic nitrogens is 1. The maximum absolute atomic E-state index is 11.7. The second-order valence-electron chi connectivity index (χ2n) is 4.60. The third kappa shape index (κ3) is 3.98. The number of carbonyl (C=O) groups excluding carboxylic acids is 1. The normalized spacial score (nSPS) is 9.90. The number of carbonyl (C=O) groups is 1. The number of pyridine rings is 1. The number of hydrogen-bond acceptors (Lipinski definition) is 3. The summed E-state index contributed by atoms with van der Waals surface area (Å²) in [4.78, 5) is 17.6. The van der Waals surface area contributed by atoms with Gasteiger partial charge in [-0.1, -0.05) is 12.1 Å². The third-order valence-corrected chi connectivity index (χ3v) is 2.84. The quantitative estimate of drug-likeness (QED) is 0.897. The summed E-state index contributed by atoms with van der Waals surface area (Å²) in [6.45, 7) is 0.491. The lowest BCUT2D eigenvalue weighted by molar-refractivity contribution is 0.251. The van der Waals surface area contributed by atoms with Crippen molar-refractivity contribution in [2.24, 2.45) is 0 Å². The maximum atomic E-state index is 11.7. The Hall–Kier alpha value is -2.56. The summed E-state index contributed by atoms with van der Waals surface area (Å²) < 4.78 is 0. The van der Waals surface area contributed by atoms with Gasteiger partial charge in [0, 0.05) is 44.4 Å². The van der Waals surface area contributed by atoms with E-state index in [2.05, 4.69) is 15.6 Å². The molecular formula is C15H18N4O. The Morgan fingerprint density at radius 1 is 1.10 bits per heavy atom. The molecule has 0 atom stereocenters. The zero-order valence-electron chi connectivity index (χ0n) is 11.6. The van der Waals surface area contributed by atoms with Crippen molar-refractivity contribution < 1.29 is 4.79 Å². The molecule has 1 heterocycles. The SMILES string of the molecule is CN(C)c1ccc(CNC(=O)Nc2ccncc2)cc1. The molecule has 0 aliphatic rings. The fourth-order valence-electron chi connectivity index (χ4n) is 1.70. The standard InChI is InChI=1S/C15H18N4O/c1-19(2)14-5-3-12(4-6-14)11-17-15(20)18-13-7-9-16-10-8-13/h3-10H,11H2,1-2H3,(H2,16,17,18,20). The second-order valence-corrected chi connectivity index (χ2v) is 4.60. The largest absolute Gasteiger partial charge is 0.378 e. The van der Waals surface area contributed by atoms with Gasteiger partial charge in [-0.2, -0.15) is 0 Å². The van der Waals surface area contributed by atoms with Gasteiger partial charge < -0.3 is 15.5 Å². The van der Waals surface area contributed by atoms with E-state index < -0.39 is 0 Å². The van der Waals surface area contributed by atoms with Gasteiger partial charge in [-0.15, -0.1) is 0 Å². The molecular weight excluding hydrogens is 252 g/mol. The lowest BCUT2D eigenvalue weighted by Crippen LogP contribution is -2.28. The van der Waals surface area contributed by atoms with Crippen LogP contribution in [0.1, 0.15) is 5.56 Å². The van der Waals surface area contributed by atoms with Crippen LogP contribution in [-0.4, -0.2) is 25.1 Å². The molecule has 0 aliphatic heterocycles. The molecule has 0 aliphatic carbocycles. The number of hydrogen-bond donors (Lipinski definition) is 2. The van der Waals surface area contributed by atoms with Crippen molar-refractivity contribution in [3.05, 3.63) is 54.4 Å². The Labute approximate surface area is 118 Å². The molecule has 0 saturated heterocycles. The van der Waals surface area contributed by atoms with Crippen molar-refractivity contribution in [1.29, 1.82) is 0 Å². The van der Waals surface area contributed by atoms with Gasteiger partial charge >= 0.3 is 6.03 Å². The first kappa shape index (κ1) is 13.9. The summed E-state index contributed by atoms with van der Waals surface area (Å²) in [6, 6.07) is 11.3. The minimum atomic E-state index is -0.229. The van der Waals surface area contributed by atoms with Crippen molar-refractivity contribution in [3.63, 3.8) is 0 Å². The van der Waals surface area contributed by atoms with Gasteiger partial charge in [0.2, 0.25) is 0 Å². The Morgan fingerprint density at radius 2 is 1.75 bits per heavy atom. The van der Waals surface area contributed by atoms with E-state index in [1.165, 1.54) is 0 Å². The van der Waals surface area contributed by atoms with Crippen molar-refractivity contribution in [2.45, 2.75) is 6.54 Å². The molecule has 0 saturated carbocycles. The Bertz CT molecular complexity index is 552. The van der Waals surface area contributed by atoms with Gasteiger partial charge in [-0.25, -0.2) is 4.79 Å². The van der Waals surface area contributed by atoms with E-state index in [1.54, 1.807) is 24.5 Å². The Kier molecular flexibility index (Phi) is 4.55. The van der Waals surface area contributed by atoms with Crippen LogP contribution in [0.25, 0.3) is 0 Å². The number of amides is 2. The molecule has 0 spiro atoms. The second kappa shape index (κ2) is 6.56. The van der Waals surface area contributed by atoms with Crippen LogP contribution < -0.4 is 15.5 Å². The van der Waals surface area contributed by atoms with Gasteiger partial charge in [0.05, 0.1) is 0 Å². The third-order valence-electron chi connectivity index (χ3n) is 2.84. The van der Waals surface area contributed by atoms with Crippen molar-refractivity contribution in [1.82, 2.24) is 10.3 Å². The maximum Gasteiger partial charge on any atom is 0.319 e. The summed E-state index contributed by atoms with van der Waals surface area (Å²) in [7, 11) is 3.99. The highest BCUT2D eigenvalue weighted by Crippen LogP contribution is 2.12. The number of nitrogens with one attached hydrogen (secondary N) is 2. The van der Waals surface area contributed by atoms with Gasteiger partial charge in [0.25, 0.3) is 0 Å². The first-order chi connectivity index (χ1) is 9.65. The number of urea groups is 1. The van der Waals surface area contributed by atoms with Crippen molar-refractivity contribution >= 4 is 17.4 Å². The van der Waals surface area contributed by atoms with Gasteiger partial charge in [-0.3, -0.25) is 4.98 Å². The molecule has 2 aromatic rings. The molecule has 0 fully saturated rings. The summed E-state index contributed by atoms with van der Waals surface area (Å²) >= 11 is 0. The van der Waals surface area contributed by atoms with Crippen LogP contribution in [0.15, 0.2) is 48.8 Å². The highest BCUT2D eigenvalue weighted by Gasteiger charge is 2.01. The van der Waals surface area contributed by atoms with E-state index in [4.69, 9.17) is 0 Å². The van der Waals surface area contributed by atoms with E-state index in [-0.39, 0.29) is 6.03 Å². The molecule has 2 N–H and O–H groups in total. The summed E-state index contributed by atoms with van der Waals surface area (Å²) in [5.41, 5.74) is 2.91. The molecule has 2 rings (SSSR count). The van der Waals surface area contributed by atoms with Crippen LogP contribution in [0.4, 0.5) is 16.2 Å². The number of nitrogens with zero attached hydrogens (tertiary/aromatic N) is 2. The molecule has 0 bridgehead atoms. The smallest absolute Gasteiger partial charge is 0.319 e. The summed E-state index contributed by atoms with van der Waals surface area (Å²) in [5.74, 6) is 0. The van der Waals surface area contributed by atoms with Crippen LogP contribution in [0.2, 0.25) is 0 Å². The summed E-state index contributed by atoms with van der Waals surface area (Å²) in [5, 5.41) is 5.56. The Morgan fingerprint density at radius 3 is 2.35 bits per heavy atom. The van der Waals surface area contributed by atoms with E-state index in [1.807, 2.05) is 43.3 Å². The first-order valence-electron chi connectivity index (χ1n) is 6.36. The molecule has 5 nitrogen and oxygen atoms in total. The zero-order valence-corrected chi connectivity index (χ0v) is 11.6.